The molecule has 0 aliphatic rings. The highest BCUT2D eigenvalue weighted by molar-refractivity contribution is 5.96. The summed E-state index contributed by atoms with van der Waals surface area (Å²) in [5, 5.41) is 9.13. The molecule has 0 amide bonds. The van der Waals surface area contributed by atoms with Gasteiger partial charge in [-0.2, -0.15) is 0 Å². The molecule has 6 heteroatoms. The molecule has 0 aliphatic heterocycles. The summed E-state index contributed by atoms with van der Waals surface area (Å²) in [7, 11) is 0. The van der Waals surface area contributed by atoms with Crippen LogP contribution in [0.15, 0.2) is 12.1 Å². The van der Waals surface area contributed by atoms with Crippen molar-refractivity contribution in [3.63, 3.8) is 0 Å². The van der Waals surface area contributed by atoms with Crippen LogP contribution in [-0.2, 0) is 4.74 Å². The number of esters is 1. The minimum atomic E-state index is -0.573. The Morgan fingerprint density at radius 3 is 2.67 bits per heavy atom. The minimum absolute atomic E-state index is 0.0501. The van der Waals surface area contributed by atoms with E-state index in [0.717, 1.165) is 18.9 Å². The topological polar surface area (TPSA) is 75.8 Å². The average molecular weight is 298 g/mol. The van der Waals surface area contributed by atoms with Crippen LogP contribution in [0.3, 0.4) is 0 Å². The third kappa shape index (κ3) is 4.60. The van der Waals surface area contributed by atoms with Crippen molar-refractivity contribution >= 4 is 17.3 Å². The summed E-state index contributed by atoms with van der Waals surface area (Å²) >= 11 is 0. The molecule has 0 aliphatic carbocycles. The molecule has 21 heavy (non-hydrogen) atoms. The summed E-state index contributed by atoms with van der Waals surface area (Å²) in [5.41, 5.74) is 6.14. The van der Waals surface area contributed by atoms with Gasteiger partial charge in [0.2, 0.25) is 0 Å². The highest BCUT2D eigenvalue weighted by atomic mass is 19.1. The summed E-state index contributed by atoms with van der Waals surface area (Å²) in [6.07, 6.45) is 1.81. The van der Waals surface area contributed by atoms with E-state index in [4.69, 9.17) is 15.6 Å². The molecule has 0 fully saturated rings. The summed E-state index contributed by atoms with van der Waals surface area (Å²) in [6, 6.07) is 2.52. The number of hydrogen-bond donors (Lipinski definition) is 2. The molecule has 0 unspecified atom stereocenters. The number of carbonyl (C=O) groups excluding carboxylic acids is 1. The van der Waals surface area contributed by atoms with Crippen LogP contribution >= 0.6 is 0 Å². The van der Waals surface area contributed by atoms with Crippen molar-refractivity contribution in [3.8, 4) is 0 Å². The molecule has 1 rings (SSSR count). The lowest BCUT2D eigenvalue weighted by atomic mass is 10.1. The molecule has 0 radical (unpaired) electrons. The van der Waals surface area contributed by atoms with Crippen molar-refractivity contribution in [2.75, 3.05) is 36.9 Å². The Labute approximate surface area is 124 Å². The first-order valence-corrected chi connectivity index (χ1v) is 7.17. The highest BCUT2D eigenvalue weighted by Crippen LogP contribution is 2.26. The Morgan fingerprint density at radius 1 is 1.38 bits per heavy atom. The van der Waals surface area contributed by atoms with Crippen molar-refractivity contribution in [2.45, 2.75) is 26.7 Å². The van der Waals surface area contributed by atoms with E-state index >= 15 is 0 Å². The standard InChI is InChI=1S/C15H23FN2O3/c1-3-5-6-18(7-8-19)14-9-11(15(20)21-4-2)13(17)10-12(14)16/h9-10,19H,3-8,17H2,1-2H3. The van der Waals surface area contributed by atoms with Crippen molar-refractivity contribution in [2.24, 2.45) is 0 Å². The summed E-state index contributed by atoms with van der Waals surface area (Å²) in [5.74, 6) is -1.08. The lowest BCUT2D eigenvalue weighted by Crippen LogP contribution is -2.29. The van der Waals surface area contributed by atoms with Gasteiger partial charge in [-0.15, -0.1) is 0 Å². The van der Waals surface area contributed by atoms with Crippen molar-refractivity contribution in [1.29, 1.82) is 0 Å². The number of nitrogen functional groups attached to an aromatic ring is 1. The normalized spacial score (nSPS) is 10.5. The number of ether oxygens (including phenoxy) is 1. The van der Waals surface area contributed by atoms with Crippen LogP contribution in [0, 0.1) is 5.82 Å². The fraction of sp³-hybridized carbons (Fsp3) is 0.533. The van der Waals surface area contributed by atoms with Gasteiger partial charge < -0.3 is 20.5 Å². The number of nitrogens with zero attached hydrogens (tertiary/aromatic N) is 1. The van der Waals surface area contributed by atoms with Gasteiger partial charge in [0.15, 0.2) is 0 Å². The highest BCUT2D eigenvalue weighted by Gasteiger charge is 2.18. The van der Waals surface area contributed by atoms with Gasteiger partial charge in [-0.1, -0.05) is 13.3 Å². The van der Waals surface area contributed by atoms with E-state index in [1.54, 1.807) is 11.8 Å². The van der Waals surface area contributed by atoms with E-state index in [-0.39, 0.29) is 30.2 Å². The quantitative estimate of drug-likeness (QED) is 0.568. The average Bonchev–Trinajstić information content (AvgIpc) is 2.44. The summed E-state index contributed by atoms with van der Waals surface area (Å²) in [6.45, 7) is 4.74. The van der Waals surface area contributed by atoms with E-state index in [1.807, 2.05) is 6.92 Å². The fourth-order valence-corrected chi connectivity index (χ4v) is 2.03. The Balaban J connectivity index is 3.14. The molecule has 118 valence electrons. The van der Waals surface area contributed by atoms with Crippen LogP contribution in [0.2, 0.25) is 0 Å². The van der Waals surface area contributed by atoms with Crippen LogP contribution in [0.4, 0.5) is 15.8 Å². The molecule has 0 saturated heterocycles. The number of aliphatic hydroxyl groups excluding tert-OH is 1. The van der Waals surface area contributed by atoms with Gasteiger partial charge in [-0.25, -0.2) is 9.18 Å². The van der Waals surface area contributed by atoms with Crippen molar-refractivity contribution in [1.82, 2.24) is 0 Å². The van der Waals surface area contributed by atoms with Crippen molar-refractivity contribution in [3.05, 3.63) is 23.5 Å². The Hall–Kier alpha value is -1.82. The van der Waals surface area contributed by atoms with Gasteiger partial charge in [0.05, 0.1) is 24.5 Å². The van der Waals surface area contributed by atoms with Crippen LogP contribution in [0.25, 0.3) is 0 Å². The number of anilines is 2. The number of halogens is 1. The molecule has 0 aromatic heterocycles. The molecule has 0 heterocycles. The lowest BCUT2D eigenvalue weighted by Gasteiger charge is -2.25. The SMILES string of the molecule is CCCCN(CCO)c1cc(C(=O)OCC)c(N)cc1F. The van der Waals surface area contributed by atoms with E-state index in [1.165, 1.54) is 6.07 Å². The molecular formula is C15H23FN2O3. The minimum Gasteiger partial charge on any atom is -0.462 e. The predicted octanol–water partition coefficient (Wildman–Crippen LogP) is 2.18. The number of hydrogen-bond acceptors (Lipinski definition) is 5. The third-order valence-electron chi connectivity index (χ3n) is 3.11. The number of aliphatic hydroxyl groups is 1. The first kappa shape index (κ1) is 17.2. The summed E-state index contributed by atoms with van der Waals surface area (Å²) in [4.78, 5) is 13.5. The zero-order chi connectivity index (χ0) is 15.8. The van der Waals surface area contributed by atoms with Crippen LogP contribution in [0.1, 0.15) is 37.0 Å². The molecule has 3 N–H and O–H groups in total. The predicted molar refractivity (Wildman–Crippen MR) is 81.0 cm³/mol. The largest absolute Gasteiger partial charge is 0.462 e. The zero-order valence-electron chi connectivity index (χ0n) is 12.6. The smallest absolute Gasteiger partial charge is 0.340 e. The number of nitrogens with two attached hydrogens (primary N) is 1. The second-order valence-corrected chi connectivity index (χ2v) is 4.68. The van der Waals surface area contributed by atoms with Crippen LogP contribution in [-0.4, -0.2) is 37.4 Å². The molecule has 1 aromatic carbocycles. The first-order chi connectivity index (χ1) is 10.0. The fourth-order valence-electron chi connectivity index (χ4n) is 2.03. The second-order valence-electron chi connectivity index (χ2n) is 4.68. The van der Waals surface area contributed by atoms with E-state index in [9.17, 15) is 9.18 Å². The van der Waals surface area contributed by atoms with Gasteiger partial charge in [-0.05, 0) is 25.5 Å². The molecular weight excluding hydrogens is 275 g/mol. The molecule has 1 aromatic rings. The van der Waals surface area contributed by atoms with Gasteiger partial charge in [0.25, 0.3) is 0 Å². The number of unbranched alkanes of at least 4 members (excludes halogenated alkanes) is 1. The Bertz CT molecular complexity index is 480. The molecule has 5 nitrogen and oxygen atoms in total. The Kier molecular flexibility index (Phi) is 6.94. The van der Waals surface area contributed by atoms with E-state index in [2.05, 4.69) is 0 Å². The maximum absolute atomic E-state index is 14.1. The van der Waals surface area contributed by atoms with Gasteiger partial charge >= 0.3 is 5.97 Å². The van der Waals surface area contributed by atoms with Gasteiger partial charge in [0.1, 0.15) is 5.82 Å². The van der Waals surface area contributed by atoms with Crippen molar-refractivity contribution < 1.29 is 19.0 Å². The Morgan fingerprint density at radius 2 is 2.10 bits per heavy atom. The first-order valence-electron chi connectivity index (χ1n) is 7.17. The molecule has 0 atom stereocenters. The zero-order valence-corrected chi connectivity index (χ0v) is 12.6. The van der Waals surface area contributed by atoms with E-state index in [0.29, 0.717) is 13.1 Å². The molecule has 0 saturated carbocycles. The van der Waals surface area contributed by atoms with Crippen LogP contribution in [0.5, 0.6) is 0 Å². The molecule has 0 spiro atoms. The van der Waals surface area contributed by atoms with Gasteiger partial charge in [0, 0.05) is 18.8 Å². The number of benzene rings is 1. The summed E-state index contributed by atoms with van der Waals surface area (Å²) < 4.78 is 19.0. The maximum Gasteiger partial charge on any atom is 0.340 e. The second kappa shape index (κ2) is 8.46. The number of carbonyl (C=O) groups is 1. The molecule has 0 bridgehead atoms. The van der Waals surface area contributed by atoms with Crippen LogP contribution < -0.4 is 10.6 Å². The van der Waals surface area contributed by atoms with Gasteiger partial charge in [-0.3, -0.25) is 0 Å². The third-order valence-corrected chi connectivity index (χ3v) is 3.11. The lowest BCUT2D eigenvalue weighted by molar-refractivity contribution is 0.0527. The number of rotatable bonds is 8. The monoisotopic (exact) mass is 298 g/mol. The van der Waals surface area contributed by atoms with E-state index < -0.39 is 11.8 Å². The maximum atomic E-state index is 14.1.